The average Bonchev–Trinajstić information content (AvgIpc) is 3.17. The molecule has 1 saturated carbocycles. The molecule has 2 heterocycles. The monoisotopic (exact) mass is 303 g/mol. The molecular weight excluding hydrogens is 278 g/mol. The molecule has 0 aliphatic heterocycles. The number of imidazole rings is 1. The van der Waals surface area contributed by atoms with Gasteiger partial charge in [-0.2, -0.15) is 0 Å². The fraction of sp³-hybridized carbons (Fsp3) is 0.647. The van der Waals surface area contributed by atoms with Crippen LogP contribution < -0.4 is 5.69 Å². The number of fused-ring (bicyclic) bond motifs is 1. The summed E-state index contributed by atoms with van der Waals surface area (Å²) in [5, 5.41) is 9.04. The van der Waals surface area contributed by atoms with Gasteiger partial charge in [0.25, 0.3) is 0 Å². The number of hydrogen-bond donors (Lipinski definition) is 1. The van der Waals surface area contributed by atoms with Crippen LogP contribution in [0.15, 0.2) is 16.9 Å². The number of hydrogen-bond acceptors (Lipinski definition) is 3. The summed E-state index contributed by atoms with van der Waals surface area (Å²) in [7, 11) is 1.79. The first-order chi connectivity index (χ1) is 10.3. The van der Waals surface area contributed by atoms with Gasteiger partial charge < -0.3 is 5.11 Å². The van der Waals surface area contributed by atoms with E-state index in [0.29, 0.717) is 18.4 Å². The SMILES string of the molecule is Cn1c(=O)n(CC(C)(C)C)c2ccc(C3CC3CCO)nc21. The second kappa shape index (κ2) is 5.23. The molecule has 2 unspecified atom stereocenters. The smallest absolute Gasteiger partial charge is 0.330 e. The fourth-order valence-electron chi connectivity index (χ4n) is 3.22. The lowest BCUT2D eigenvalue weighted by Gasteiger charge is -2.18. The van der Waals surface area contributed by atoms with Crippen LogP contribution in [0, 0.1) is 11.3 Å². The highest BCUT2D eigenvalue weighted by molar-refractivity contribution is 5.72. The largest absolute Gasteiger partial charge is 0.396 e. The Bertz CT molecular complexity index is 752. The quantitative estimate of drug-likeness (QED) is 0.942. The highest BCUT2D eigenvalue weighted by Gasteiger charge is 2.38. The molecule has 0 bridgehead atoms. The van der Waals surface area contributed by atoms with Gasteiger partial charge in [-0.15, -0.1) is 0 Å². The Hall–Kier alpha value is -1.62. The predicted octanol–water partition coefficient (Wildman–Crippen LogP) is 2.27. The number of aromatic nitrogens is 3. The van der Waals surface area contributed by atoms with E-state index in [9.17, 15) is 4.79 Å². The summed E-state index contributed by atoms with van der Waals surface area (Å²) >= 11 is 0. The van der Waals surface area contributed by atoms with Crippen LogP contribution in [0.25, 0.3) is 11.2 Å². The number of rotatable bonds is 4. The summed E-state index contributed by atoms with van der Waals surface area (Å²) in [6.07, 6.45) is 1.93. The first kappa shape index (κ1) is 15.3. The van der Waals surface area contributed by atoms with Crippen LogP contribution in [-0.2, 0) is 13.6 Å². The zero-order valence-electron chi connectivity index (χ0n) is 13.8. The second-order valence-electron chi connectivity index (χ2n) is 7.68. The molecular formula is C17H25N3O2. The molecule has 3 rings (SSSR count). The Labute approximate surface area is 130 Å². The van der Waals surface area contributed by atoms with E-state index in [1.807, 2.05) is 16.7 Å². The Morgan fingerprint density at radius 1 is 1.36 bits per heavy atom. The van der Waals surface area contributed by atoms with Crippen LogP contribution in [-0.4, -0.2) is 25.8 Å². The number of aliphatic hydroxyl groups is 1. The van der Waals surface area contributed by atoms with Crippen LogP contribution >= 0.6 is 0 Å². The highest BCUT2D eigenvalue weighted by Crippen LogP contribution is 2.48. The molecule has 0 spiro atoms. The van der Waals surface area contributed by atoms with Crippen LogP contribution in [0.1, 0.15) is 45.2 Å². The molecule has 0 amide bonds. The maximum absolute atomic E-state index is 12.5. The van der Waals surface area contributed by atoms with Crippen molar-refractivity contribution in [2.24, 2.45) is 18.4 Å². The van der Waals surface area contributed by atoms with Gasteiger partial charge in [-0.05, 0) is 36.3 Å². The molecule has 22 heavy (non-hydrogen) atoms. The molecule has 1 aliphatic rings. The van der Waals surface area contributed by atoms with Crippen LogP contribution in [0.3, 0.4) is 0 Å². The van der Waals surface area contributed by atoms with Gasteiger partial charge in [0.2, 0.25) is 0 Å². The molecule has 5 heteroatoms. The van der Waals surface area contributed by atoms with Crippen molar-refractivity contribution in [3.8, 4) is 0 Å². The van der Waals surface area contributed by atoms with Crippen LogP contribution in [0.4, 0.5) is 0 Å². The third kappa shape index (κ3) is 2.70. The van der Waals surface area contributed by atoms with Gasteiger partial charge in [0.05, 0.1) is 5.52 Å². The summed E-state index contributed by atoms with van der Waals surface area (Å²) in [4.78, 5) is 17.2. The van der Waals surface area contributed by atoms with Crippen molar-refractivity contribution in [2.45, 2.75) is 46.1 Å². The Balaban J connectivity index is 2.00. The molecule has 120 valence electrons. The minimum absolute atomic E-state index is 0.00252. The number of pyridine rings is 1. The van der Waals surface area contributed by atoms with Crippen molar-refractivity contribution < 1.29 is 5.11 Å². The van der Waals surface area contributed by atoms with Crippen molar-refractivity contribution in [2.75, 3.05) is 6.61 Å². The molecule has 2 atom stereocenters. The first-order valence-corrected chi connectivity index (χ1v) is 7.99. The zero-order chi connectivity index (χ0) is 16.1. The fourth-order valence-corrected chi connectivity index (χ4v) is 3.22. The van der Waals surface area contributed by atoms with E-state index in [0.717, 1.165) is 29.7 Å². The second-order valence-corrected chi connectivity index (χ2v) is 7.68. The number of aryl methyl sites for hydroxylation is 1. The van der Waals surface area contributed by atoms with E-state index in [1.54, 1.807) is 11.6 Å². The van der Waals surface area contributed by atoms with Crippen molar-refractivity contribution in [1.82, 2.24) is 14.1 Å². The zero-order valence-corrected chi connectivity index (χ0v) is 13.8. The summed E-state index contributed by atoms with van der Waals surface area (Å²) in [6.45, 7) is 7.31. The van der Waals surface area contributed by atoms with E-state index in [-0.39, 0.29) is 17.7 Å². The van der Waals surface area contributed by atoms with Crippen molar-refractivity contribution in [3.05, 3.63) is 28.3 Å². The lowest BCUT2D eigenvalue weighted by atomic mass is 9.97. The van der Waals surface area contributed by atoms with Crippen molar-refractivity contribution in [3.63, 3.8) is 0 Å². The minimum Gasteiger partial charge on any atom is -0.396 e. The van der Waals surface area contributed by atoms with Crippen molar-refractivity contribution >= 4 is 11.2 Å². The Morgan fingerprint density at radius 2 is 2.09 bits per heavy atom. The van der Waals surface area contributed by atoms with Gasteiger partial charge in [0.15, 0.2) is 5.65 Å². The highest BCUT2D eigenvalue weighted by atomic mass is 16.3. The first-order valence-electron chi connectivity index (χ1n) is 7.99. The molecule has 5 nitrogen and oxygen atoms in total. The normalized spacial score (nSPS) is 21.5. The van der Waals surface area contributed by atoms with E-state index in [4.69, 9.17) is 10.1 Å². The maximum atomic E-state index is 12.5. The summed E-state index contributed by atoms with van der Waals surface area (Å²) < 4.78 is 3.47. The van der Waals surface area contributed by atoms with Crippen LogP contribution in [0.2, 0.25) is 0 Å². The Morgan fingerprint density at radius 3 is 2.73 bits per heavy atom. The van der Waals surface area contributed by atoms with Gasteiger partial charge in [-0.25, -0.2) is 9.78 Å². The van der Waals surface area contributed by atoms with E-state index in [1.165, 1.54) is 0 Å². The maximum Gasteiger partial charge on any atom is 0.330 e. The average molecular weight is 303 g/mol. The minimum atomic E-state index is -0.00252. The van der Waals surface area contributed by atoms with Gasteiger partial charge in [0, 0.05) is 31.8 Å². The molecule has 0 saturated heterocycles. The molecule has 0 radical (unpaired) electrons. The summed E-state index contributed by atoms with van der Waals surface area (Å²) in [5.74, 6) is 0.987. The predicted molar refractivity (Wildman–Crippen MR) is 87.0 cm³/mol. The summed E-state index contributed by atoms with van der Waals surface area (Å²) in [6, 6.07) is 4.07. The molecule has 1 aliphatic carbocycles. The van der Waals surface area contributed by atoms with E-state index >= 15 is 0 Å². The van der Waals surface area contributed by atoms with Gasteiger partial charge in [-0.1, -0.05) is 20.8 Å². The van der Waals surface area contributed by atoms with Gasteiger partial charge in [-0.3, -0.25) is 9.13 Å². The Kier molecular flexibility index (Phi) is 3.63. The van der Waals surface area contributed by atoms with Gasteiger partial charge >= 0.3 is 5.69 Å². The molecule has 0 aromatic carbocycles. The lowest BCUT2D eigenvalue weighted by Crippen LogP contribution is -2.27. The van der Waals surface area contributed by atoms with Gasteiger partial charge in [0.1, 0.15) is 0 Å². The van der Waals surface area contributed by atoms with Crippen molar-refractivity contribution in [1.29, 1.82) is 0 Å². The molecule has 1 fully saturated rings. The third-order valence-electron chi connectivity index (χ3n) is 4.44. The number of aliphatic hydroxyl groups excluding tert-OH is 1. The summed E-state index contributed by atoms with van der Waals surface area (Å²) in [5.41, 5.74) is 2.76. The lowest BCUT2D eigenvalue weighted by molar-refractivity contribution is 0.279. The third-order valence-corrected chi connectivity index (χ3v) is 4.44. The van der Waals surface area contributed by atoms with E-state index in [2.05, 4.69) is 20.8 Å². The molecule has 1 N–H and O–H groups in total. The standard InChI is InChI=1S/C17H25N3O2/c1-17(2,3)10-20-14-6-5-13(12-9-11(12)7-8-21)18-15(14)19(4)16(20)22/h5-6,11-12,21H,7-10H2,1-4H3. The topological polar surface area (TPSA) is 60.0 Å². The van der Waals surface area contributed by atoms with Crippen LogP contribution in [0.5, 0.6) is 0 Å². The van der Waals surface area contributed by atoms with E-state index < -0.39 is 0 Å². The number of nitrogens with zero attached hydrogens (tertiary/aromatic N) is 3. The molecule has 2 aromatic rings. The molecule has 2 aromatic heterocycles.